The van der Waals surface area contributed by atoms with E-state index in [0.29, 0.717) is 17.3 Å². The number of aromatic nitrogens is 1. The lowest BCUT2D eigenvalue weighted by atomic mass is 9.92. The molecule has 0 spiro atoms. The third-order valence-electron chi connectivity index (χ3n) is 6.08. The van der Waals surface area contributed by atoms with Gasteiger partial charge in [-0.1, -0.05) is 41.4 Å². The second kappa shape index (κ2) is 8.24. The molecule has 4 aromatic rings. The zero-order valence-electron chi connectivity index (χ0n) is 18.0. The number of hydrogen-bond donors (Lipinski definition) is 2. The SMILES string of the molecule is COc1ccc2[nH]c3c(c2c1)CCN(C(=O)Nc1ccc(Cl)cc1)[C@H]3c1ccc(C)cc1. The number of ether oxygens (including phenoxy) is 1. The molecular formula is C26H24ClN3O2. The molecule has 0 radical (unpaired) electrons. The molecule has 1 aromatic heterocycles. The lowest BCUT2D eigenvalue weighted by molar-refractivity contribution is 0.193. The Kier molecular flexibility index (Phi) is 5.27. The summed E-state index contributed by atoms with van der Waals surface area (Å²) in [5.74, 6) is 0.828. The summed E-state index contributed by atoms with van der Waals surface area (Å²) in [5.41, 5.74) is 6.31. The summed E-state index contributed by atoms with van der Waals surface area (Å²) < 4.78 is 5.44. The van der Waals surface area contributed by atoms with Crippen molar-refractivity contribution in [2.75, 3.05) is 19.0 Å². The van der Waals surface area contributed by atoms with Gasteiger partial charge in [-0.15, -0.1) is 0 Å². The average molecular weight is 446 g/mol. The van der Waals surface area contributed by atoms with Crippen LogP contribution in [-0.4, -0.2) is 29.6 Å². The van der Waals surface area contributed by atoms with Gasteiger partial charge in [0.1, 0.15) is 5.75 Å². The van der Waals surface area contributed by atoms with Crippen LogP contribution in [-0.2, 0) is 6.42 Å². The zero-order chi connectivity index (χ0) is 22.2. The third-order valence-corrected chi connectivity index (χ3v) is 6.34. The van der Waals surface area contributed by atoms with Gasteiger partial charge in [-0.25, -0.2) is 4.79 Å². The number of carbonyl (C=O) groups excluding carboxylic acids is 1. The number of anilines is 1. The van der Waals surface area contributed by atoms with Gasteiger partial charge in [-0.05, 0) is 66.9 Å². The smallest absolute Gasteiger partial charge is 0.322 e. The normalized spacial score (nSPS) is 15.5. The Hall–Kier alpha value is -3.44. The second-order valence-electron chi connectivity index (χ2n) is 8.12. The molecule has 2 N–H and O–H groups in total. The number of aryl methyl sites for hydroxylation is 1. The largest absolute Gasteiger partial charge is 0.497 e. The summed E-state index contributed by atoms with van der Waals surface area (Å²) in [4.78, 5) is 18.9. The molecule has 5 rings (SSSR count). The highest BCUT2D eigenvalue weighted by Gasteiger charge is 2.34. The molecule has 0 aliphatic carbocycles. The van der Waals surface area contributed by atoms with E-state index in [-0.39, 0.29) is 12.1 Å². The van der Waals surface area contributed by atoms with E-state index in [1.54, 1.807) is 19.2 Å². The summed E-state index contributed by atoms with van der Waals surface area (Å²) in [6, 6.07) is 21.2. The summed E-state index contributed by atoms with van der Waals surface area (Å²) in [6.07, 6.45) is 0.763. The number of halogens is 1. The highest BCUT2D eigenvalue weighted by molar-refractivity contribution is 6.30. The lowest BCUT2D eigenvalue weighted by Gasteiger charge is -2.36. The molecule has 0 unspecified atom stereocenters. The summed E-state index contributed by atoms with van der Waals surface area (Å²) in [5, 5.41) is 4.81. The average Bonchev–Trinajstić information content (AvgIpc) is 3.18. The first-order chi connectivity index (χ1) is 15.5. The summed E-state index contributed by atoms with van der Waals surface area (Å²) in [7, 11) is 1.68. The van der Waals surface area contributed by atoms with Crippen LogP contribution in [0.3, 0.4) is 0 Å². The summed E-state index contributed by atoms with van der Waals surface area (Å²) in [6.45, 7) is 2.67. The van der Waals surface area contributed by atoms with E-state index in [0.717, 1.165) is 34.3 Å². The Bertz CT molecular complexity index is 1280. The fourth-order valence-electron chi connectivity index (χ4n) is 4.44. The number of nitrogens with one attached hydrogen (secondary N) is 2. The van der Waals surface area contributed by atoms with Crippen LogP contribution < -0.4 is 10.1 Å². The Morgan fingerprint density at radius 2 is 1.84 bits per heavy atom. The molecule has 1 aliphatic heterocycles. The molecule has 162 valence electrons. The number of H-pyrrole nitrogens is 1. The number of nitrogens with zero attached hydrogens (tertiary/aromatic N) is 1. The number of amides is 2. The number of rotatable bonds is 3. The molecule has 6 heteroatoms. The molecule has 3 aromatic carbocycles. The van der Waals surface area contributed by atoms with Gasteiger partial charge in [0.25, 0.3) is 0 Å². The van der Waals surface area contributed by atoms with Gasteiger partial charge in [0.05, 0.1) is 13.2 Å². The van der Waals surface area contributed by atoms with Gasteiger partial charge < -0.3 is 19.9 Å². The van der Waals surface area contributed by atoms with Crippen LogP contribution in [0.5, 0.6) is 5.75 Å². The summed E-state index contributed by atoms with van der Waals surface area (Å²) >= 11 is 5.99. The third kappa shape index (κ3) is 3.69. The van der Waals surface area contributed by atoms with Gasteiger partial charge in [-0.3, -0.25) is 0 Å². The van der Waals surface area contributed by atoms with Gasteiger partial charge in [-0.2, -0.15) is 0 Å². The van der Waals surface area contributed by atoms with Crippen LogP contribution in [0.2, 0.25) is 5.02 Å². The number of methoxy groups -OCH3 is 1. The minimum absolute atomic E-state index is 0.139. The first-order valence-electron chi connectivity index (χ1n) is 10.6. The van der Waals surface area contributed by atoms with Gasteiger partial charge in [0, 0.05) is 33.9 Å². The van der Waals surface area contributed by atoms with Crippen molar-refractivity contribution < 1.29 is 9.53 Å². The van der Waals surface area contributed by atoms with Crippen molar-refractivity contribution >= 4 is 34.2 Å². The van der Waals surface area contributed by atoms with E-state index in [1.807, 2.05) is 29.2 Å². The van der Waals surface area contributed by atoms with Crippen LogP contribution in [0.1, 0.15) is 28.4 Å². The van der Waals surface area contributed by atoms with E-state index >= 15 is 0 Å². The van der Waals surface area contributed by atoms with E-state index < -0.39 is 0 Å². The molecule has 0 bridgehead atoms. The zero-order valence-corrected chi connectivity index (χ0v) is 18.7. The molecule has 0 saturated heterocycles. The standard InChI is InChI=1S/C26H24ClN3O2/c1-16-3-5-17(6-4-16)25-24-21(22-15-20(32-2)11-12-23(22)29-24)13-14-30(25)26(31)28-19-9-7-18(27)8-10-19/h3-12,15,25,29H,13-14H2,1-2H3,(H,28,31)/t25-/m0/s1. The van der Waals surface area contributed by atoms with Crippen LogP contribution in [0.4, 0.5) is 10.5 Å². The molecule has 0 fully saturated rings. The van der Waals surface area contributed by atoms with Crippen molar-refractivity contribution in [2.24, 2.45) is 0 Å². The molecule has 32 heavy (non-hydrogen) atoms. The number of carbonyl (C=O) groups is 1. The molecule has 0 saturated carbocycles. The van der Waals surface area contributed by atoms with Crippen molar-refractivity contribution in [1.29, 1.82) is 0 Å². The highest BCUT2D eigenvalue weighted by atomic mass is 35.5. The Balaban J connectivity index is 1.57. The van der Waals surface area contributed by atoms with Crippen molar-refractivity contribution in [3.05, 3.63) is 94.1 Å². The van der Waals surface area contributed by atoms with Gasteiger partial charge in [0.2, 0.25) is 0 Å². The second-order valence-corrected chi connectivity index (χ2v) is 8.56. The highest BCUT2D eigenvalue weighted by Crippen LogP contribution is 2.39. The lowest BCUT2D eigenvalue weighted by Crippen LogP contribution is -2.43. The number of urea groups is 1. The van der Waals surface area contributed by atoms with Crippen LogP contribution in [0.15, 0.2) is 66.7 Å². The van der Waals surface area contributed by atoms with Crippen LogP contribution in [0.25, 0.3) is 10.9 Å². The Labute approximate surface area is 192 Å². The molecular weight excluding hydrogens is 422 g/mol. The van der Waals surface area contributed by atoms with Crippen molar-refractivity contribution in [1.82, 2.24) is 9.88 Å². The quantitative estimate of drug-likeness (QED) is 0.387. The van der Waals surface area contributed by atoms with Gasteiger partial charge >= 0.3 is 6.03 Å². The number of fused-ring (bicyclic) bond motifs is 3. The maximum Gasteiger partial charge on any atom is 0.322 e. The van der Waals surface area contributed by atoms with E-state index in [4.69, 9.17) is 16.3 Å². The first kappa shape index (κ1) is 20.5. The molecule has 1 atom stereocenters. The van der Waals surface area contributed by atoms with Crippen LogP contribution in [0, 0.1) is 6.92 Å². The number of hydrogen-bond acceptors (Lipinski definition) is 2. The van der Waals surface area contributed by atoms with Crippen molar-refractivity contribution in [3.8, 4) is 5.75 Å². The maximum atomic E-state index is 13.4. The molecule has 2 amide bonds. The minimum Gasteiger partial charge on any atom is -0.497 e. The number of aromatic amines is 1. The van der Waals surface area contributed by atoms with Crippen molar-refractivity contribution in [3.63, 3.8) is 0 Å². The van der Waals surface area contributed by atoms with E-state index in [2.05, 4.69) is 47.6 Å². The van der Waals surface area contributed by atoms with E-state index in [9.17, 15) is 4.79 Å². The topological polar surface area (TPSA) is 57.4 Å². The fraction of sp³-hybridized carbons (Fsp3) is 0.192. The first-order valence-corrected chi connectivity index (χ1v) is 11.0. The van der Waals surface area contributed by atoms with E-state index in [1.165, 1.54) is 11.1 Å². The molecule has 1 aliphatic rings. The fourth-order valence-corrected chi connectivity index (χ4v) is 4.56. The molecule has 5 nitrogen and oxygen atoms in total. The predicted octanol–water partition coefficient (Wildman–Crippen LogP) is 6.32. The Morgan fingerprint density at radius 1 is 1.09 bits per heavy atom. The monoisotopic (exact) mass is 445 g/mol. The maximum absolute atomic E-state index is 13.4. The van der Waals surface area contributed by atoms with Gasteiger partial charge in [0.15, 0.2) is 0 Å². The Morgan fingerprint density at radius 3 is 2.56 bits per heavy atom. The predicted molar refractivity (Wildman–Crippen MR) is 129 cm³/mol. The number of benzene rings is 3. The molecule has 2 heterocycles. The van der Waals surface area contributed by atoms with Crippen LogP contribution >= 0.6 is 11.6 Å². The van der Waals surface area contributed by atoms with Crippen molar-refractivity contribution in [2.45, 2.75) is 19.4 Å². The minimum atomic E-state index is -0.218.